The van der Waals surface area contributed by atoms with Gasteiger partial charge in [-0.15, -0.1) is 0 Å². The van der Waals surface area contributed by atoms with Crippen molar-refractivity contribution in [1.82, 2.24) is 0 Å². The normalized spacial score (nSPS) is 51.4. The van der Waals surface area contributed by atoms with Gasteiger partial charge in [0.15, 0.2) is 0 Å². The van der Waals surface area contributed by atoms with Crippen LogP contribution in [-0.4, -0.2) is 46.2 Å². The van der Waals surface area contributed by atoms with Crippen LogP contribution in [0.15, 0.2) is 0 Å². The van der Waals surface area contributed by atoms with E-state index < -0.39 is 5.60 Å². The van der Waals surface area contributed by atoms with Crippen molar-refractivity contribution in [3.05, 3.63) is 0 Å². The SMILES string of the molecule is COC(=O)CC[C@@H](C)[C@@]1(O)CC[C@H]2[C@@H]3[C@@H](O)C[C@@H]4C[C@H](O)CC[C@]4(C)[C@H]3CC[C@@]21C. The summed E-state index contributed by atoms with van der Waals surface area (Å²) in [7, 11) is 1.42. The number of aliphatic hydroxyl groups excluding tert-OH is 2. The van der Waals surface area contributed by atoms with E-state index in [1.165, 1.54) is 7.11 Å². The van der Waals surface area contributed by atoms with Crippen LogP contribution in [0.3, 0.4) is 0 Å². The highest BCUT2D eigenvalue weighted by atomic mass is 16.5. The Morgan fingerprint density at radius 1 is 1.07 bits per heavy atom. The Labute approximate surface area is 181 Å². The standard InChI is InChI=1S/C25H42O5/c1-15(5-6-21(28)30-4)25(29)12-9-19-22-18(8-11-24(19,25)3)23(2)10-7-17(26)13-16(23)14-20(22)27/h15-20,22,26-27,29H,5-14H2,1-4H3/t15-,16+,17-,18+,19+,20+,22-,23+,24+,25+/m1/s1. The van der Waals surface area contributed by atoms with E-state index in [2.05, 4.69) is 20.8 Å². The maximum atomic E-state index is 11.9. The summed E-state index contributed by atoms with van der Waals surface area (Å²) in [6.45, 7) is 6.75. The Morgan fingerprint density at radius 2 is 1.77 bits per heavy atom. The first-order chi connectivity index (χ1) is 14.1. The van der Waals surface area contributed by atoms with Crippen LogP contribution in [0.4, 0.5) is 0 Å². The number of fused-ring (bicyclic) bond motifs is 5. The maximum Gasteiger partial charge on any atom is 0.305 e. The van der Waals surface area contributed by atoms with Gasteiger partial charge in [-0.3, -0.25) is 4.79 Å². The lowest BCUT2D eigenvalue weighted by molar-refractivity contribution is -0.201. The number of methoxy groups -OCH3 is 1. The van der Waals surface area contributed by atoms with Gasteiger partial charge in [0.05, 0.1) is 24.9 Å². The van der Waals surface area contributed by atoms with Crippen LogP contribution in [0.1, 0.15) is 85.0 Å². The van der Waals surface area contributed by atoms with Gasteiger partial charge in [0.25, 0.3) is 0 Å². The molecule has 0 aliphatic heterocycles. The number of carbonyl (C=O) groups is 1. The zero-order chi connectivity index (χ0) is 21.9. The first-order valence-corrected chi connectivity index (χ1v) is 12.2. The van der Waals surface area contributed by atoms with Gasteiger partial charge in [0.1, 0.15) is 0 Å². The van der Waals surface area contributed by atoms with Crippen LogP contribution >= 0.6 is 0 Å². The minimum absolute atomic E-state index is 0.0250. The molecule has 5 heteroatoms. The van der Waals surface area contributed by atoms with Gasteiger partial charge in [0.2, 0.25) is 0 Å². The number of hydrogen-bond donors (Lipinski definition) is 3. The van der Waals surface area contributed by atoms with E-state index in [0.29, 0.717) is 30.6 Å². The lowest BCUT2D eigenvalue weighted by Crippen LogP contribution is -2.61. The van der Waals surface area contributed by atoms with Crippen molar-refractivity contribution in [2.45, 2.75) is 103 Å². The lowest BCUT2D eigenvalue weighted by atomic mass is 9.43. The van der Waals surface area contributed by atoms with Gasteiger partial charge in [-0.1, -0.05) is 20.8 Å². The van der Waals surface area contributed by atoms with Crippen molar-refractivity contribution < 1.29 is 24.9 Å². The summed E-state index contributed by atoms with van der Waals surface area (Å²) < 4.78 is 4.81. The van der Waals surface area contributed by atoms with Gasteiger partial charge in [-0.25, -0.2) is 0 Å². The van der Waals surface area contributed by atoms with Crippen LogP contribution in [0.2, 0.25) is 0 Å². The molecular formula is C25H42O5. The third-order valence-corrected chi connectivity index (χ3v) is 10.7. The highest BCUT2D eigenvalue weighted by molar-refractivity contribution is 5.69. The Kier molecular flexibility index (Phi) is 5.81. The quantitative estimate of drug-likeness (QED) is 0.602. The zero-order valence-corrected chi connectivity index (χ0v) is 19.3. The van der Waals surface area contributed by atoms with E-state index in [0.717, 1.165) is 51.4 Å². The second-order valence-corrected chi connectivity index (χ2v) is 11.7. The van der Waals surface area contributed by atoms with Crippen molar-refractivity contribution in [3.63, 3.8) is 0 Å². The molecule has 0 amide bonds. The molecule has 0 aromatic rings. The third-order valence-electron chi connectivity index (χ3n) is 10.7. The van der Waals surface area contributed by atoms with E-state index in [1.807, 2.05) is 0 Å². The Balaban J connectivity index is 1.57. The monoisotopic (exact) mass is 422 g/mol. The van der Waals surface area contributed by atoms with Crippen molar-refractivity contribution in [2.75, 3.05) is 7.11 Å². The molecule has 4 aliphatic carbocycles. The van der Waals surface area contributed by atoms with Crippen molar-refractivity contribution in [1.29, 1.82) is 0 Å². The van der Waals surface area contributed by atoms with E-state index in [4.69, 9.17) is 4.74 Å². The van der Waals surface area contributed by atoms with E-state index in [9.17, 15) is 20.1 Å². The molecule has 10 atom stereocenters. The molecule has 0 aromatic carbocycles. The lowest BCUT2D eigenvalue weighted by Gasteiger charge is -2.63. The summed E-state index contributed by atoms with van der Waals surface area (Å²) in [5.74, 6) is 1.25. The summed E-state index contributed by atoms with van der Waals surface area (Å²) in [6, 6.07) is 0. The molecule has 0 bridgehead atoms. The maximum absolute atomic E-state index is 11.9. The second kappa shape index (κ2) is 7.74. The number of ether oxygens (including phenoxy) is 1. The Hall–Kier alpha value is -0.650. The van der Waals surface area contributed by atoms with E-state index in [1.54, 1.807) is 0 Å². The molecular weight excluding hydrogens is 380 g/mol. The van der Waals surface area contributed by atoms with Gasteiger partial charge in [-0.05, 0) is 98.2 Å². The van der Waals surface area contributed by atoms with Crippen LogP contribution < -0.4 is 0 Å². The molecule has 4 rings (SSSR count). The van der Waals surface area contributed by atoms with Crippen LogP contribution in [0, 0.1) is 40.4 Å². The number of aliphatic hydroxyl groups is 3. The fourth-order valence-corrected chi connectivity index (χ4v) is 8.74. The molecule has 0 aromatic heterocycles. The molecule has 0 unspecified atom stereocenters. The Bertz CT molecular complexity index is 666. The average molecular weight is 423 g/mol. The summed E-state index contributed by atoms with van der Waals surface area (Å²) in [4.78, 5) is 11.7. The van der Waals surface area contributed by atoms with Crippen LogP contribution in [-0.2, 0) is 9.53 Å². The molecule has 4 aliphatic rings. The summed E-state index contributed by atoms with van der Waals surface area (Å²) in [5, 5.41) is 33.5. The molecule has 0 spiro atoms. The summed E-state index contributed by atoms with van der Waals surface area (Å²) >= 11 is 0. The third kappa shape index (κ3) is 3.17. The largest absolute Gasteiger partial charge is 0.469 e. The average Bonchev–Trinajstić information content (AvgIpc) is 2.99. The first-order valence-electron chi connectivity index (χ1n) is 12.2. The summed E-state index contributed by atoms with van der Waals surface area (Å²) in [5.41, 5.74) is -0.819. The van der Waals surface area contributed by atoms with Gasteiger partial charge in [0, 0.05) is 6.42 Å². The predicted octanol–water partition coefficient (Wildman–Crippen LogP) is 3.68. The van der Waals surface area contributed by atoms with Crippen LogP contribution in [0.5, 0.6) is 0 Å². The number of esters is 1. The number of hydrogen-bond acceptors (Lipinski definition) is 5. The molecule has 5 nitrogen and oxygen atoms in total. The molecule has 0 radical (unpaired) electrons. The smallest absolute Gasteiger partial charge is 0.305 e. The van der Waals surface area contributed by atoms with Crippen LogP contribution in [0.25, 0.3) is 0 Å². The number of carbonyl (C=O) groups excluding carboxylic acids is 1. The fourth-order valence-electron chi connectivity index (χ4n) is 8.74. The van der Waals surface area contributed by atoms with Gasteiger partial charge < -0.3 is 20.1 Å². The number of rotatable bonds is 4. The van der Waals surface area contributed by atoms with E-state index >= 15 is 0 Å². The topological polar surface area (TPSA) is 87.0 Å². The van der Waals surface area contributed by atoms with Crippen molar-refractivity contribution in [2.24, 2.45) is 40.4 Å². The highest BCUT2D eigenvalue weighted by Gasteiger charge is 2.67. The highest BCUT2D eigenvalue weighted by Crippen LogP contribution is 2.69. The van der Waals surface area contributed by atoms with Gasteiger partial charge in [-0.2, -0.15) is 0 Å². The van der Waals surface area contributed by atoms with Crippen molar-refractivity contribution >= 4 is 5.97 Å². The molecule has 30 heavy (non-hydrogen) atoms. The molecule has 4 saturated carbocycles. The first kappa shape index (κ1) is 22.5. The fraction of sp³-hybridized carbons (Fsp3) is 0.960. The zero-order valence-electron chi connectivity index (χ0n) is 19.3. The minimum Gasteiger partial charge on any atom is -0.469 e. The van der Waals surface area contributed by atoms with Crippen molar-refractivity contribution in [3.8, 4) is 0 Å². The molecule has 172 valence electrons. The minimum atomic E-state index is -0.795. The molecule has 0 saturated heterocycles. The second-order valence-electron chi connectivity index (χ2n) is 11.7. The Morgan fingerprint density at radius 3 is 2.47 bits per heavy atom. The molecule has 3 N–H and O–H groups in total. The van der Waals surface area contributed by atoms with E-state index in [-0.39, 0.29) is 40.8 Å². The predicted molar refractivity (Wildman–Crippen MR) is 114 cm³/mol. The van der Waals surface area contributed by atoms with Gasteiger partial charge >= 0.3 is 5.97 Å². The summed E-state index contributed by atoms with van der Waals surface area (Å²) in [6.07, 6.45) is 7.71. The molecule has 0 heterocycles. The molecule has 4 fully saturated rings.